The number of morpholine rings is 2. The number of ether oxygens (including phenoxy) is 4. The number of nitrogen functional groups attached to an aromatic ring is 1. The summed E-state index contributed by atoms with van der Waals surface area (Å²) in [5.74, 6) is 4.35. The Bertz CT molecular complexity index is 5300. The molecule has 5 aromatic carbocycles. The van der Waals surface area contributed by atoms with E-state index in [0.717, 1.165) is 171 Å². The molecule has 0 bridgehead atoms. The van der Waals surface area contributed by atoms with E-state index >= 15 is 0 Å². The van der Waals surface area contributed by atoms with E-state index in [2.05, 4.69) is 135 Å². The van der Waals surface area contributed by atoms with Crippen LogP contribution in [-0.4, -0.2) is 168 Å². The number of fused-ring (bicyclic) bond motifs is 2. The highest BCUT2D eigenvalue weighted by Crippen LogP contribution is 2.47. The highest BCUT2D eigenvalue weighted by molar-refractivity contribution is 9.11. The summed E-state index contributed by atoms with van der Waals surface area (Å²) >= 11 is 13.0. The molecule has 2 aliphatic carbocycles. The zero-order valence-corrected chi connectivity index (χ0v) is 70.7. The number of benzene rings is 5. The van der Waals surface area contributed by atoms with E-state index in [1.165, 1.54) is 37.8 Å². The topological polar surface area (TPSA) is 315 Å². The smallest absolute Gasteiger partial charge is 0.294 e. The molecule has 0 spiro atoms. The minimum Gasteiger partial charge on any atom is -0.496 e. The van der Waals surface area contributed by atoms with E-state index in [9.17, 15) is 17.5 Å². The van der Waals surface area contributed by atoms with Gasteiger partial charge >= 0.3 is 0 Å². The number of nitrogens with zero attached hydrogens (tertiary/aromatic N) is 12. The summed E-state index contributed by atoms with van der Waals surface area (Å²) in [4.78, 5) is 32.1. The number of aliphatic hydroxyl groups is 1. The normalized spacial score (nSPS) is 14.4. The first-order valence-electron chi connectivity index (χ1n) is 36.9. The van der Waals surface area contributed by atoms with E-state index in [0.29, 0.717) is 75.9 Å². The second kappa shape index (κ2) is 37.5. The summed E-state index contributed by atoms with van der Waals surface area (Å²) in [7, 11) is -5.96. The number of methoxy groups -OCH3 is 2. The van der Waals surface area contributed by atoms with Crippen molar-refractivity contribution in [3.8, 4) is 33.8 Å². The molecule has 8 heterocycles. The summed E-state index contributed by atoms with van der Waals surface area (Å²) in [5, 5.41) is 27.2. The van der Waals surface area contributed by atoms with Crippen molar-refractivity contribution in [3.63, 3.8) is 0 Å². The van der Waals surface area contributed by atoms with Gasteiger partial charge in [-0.3, -0.25) is 23.9 Å². The van der Waals surface area contributed by atoms with Crippen molar-refractivity contribution in [2.75, 3.05) is 126 Å². The van der Waals surface area contributed by atoms with E-state index < -0.39 is 24.4 Å². The number of aromatic nitrogens is 10. The fraction of sp³-hybridized carbons (Fsp3) is 0.375. The van der Waals surface area contributed by atoms with Gasteiger partial charge in [-0.25, -0.2) is 15.0 Å². The molecule has 111 heavy (non-hydrogen) atoms. The van der Waals surface area contributed by atoms with Crippen LogP contribution in [0.2, 0.25) is 5.28 Å². The van der Waals surface area contributed by atoms with Crippen LogP contribution in [0.5, 0.6) is 11.5 Å². The number of nitrogens with one attached hydrogen (secondary N) is 2. The largest absolute Gasteiger partial charge is 0.496 e. The molecule has 0 amide bonds. The third kappa shape index (κ3) is 21.7. The molecular formula is C80H96Br2ClN15O10P2S. The molecule has 6 N–H and O–H groups in total. The van der Waals surface area contributed by atoms with Gasteiger partial charge in [0.1, 0.15) is 43.2 Å². The van der Waals surface area contributed by atoms with Crippen LogP contribution in [0, 0.1) is 6.92 Å². The number of pyridine rings is 2. The van der Waals surface area contributed by atoms with Gasteiger partial charge < -0.3 is 59.4 Å². The van der Waals surface area contributed by atoms with Gasteiger partial charge in [0.2, 0.25) is 5.28 Å². The maximum Gasteiger partial charge on any atom is 0.294 e. The van der Waals surface area contributed by atoms with Crippen LogP contribution in [0.25, 0.3) is 44.1 Å². The standard InChI is InChI=1S/C35H39BrN7O3P.C18H17BrClN4OP.C16H22N4O2.C7H8O3S.C4H10O/c1-5-43-21-24(19-38-43)26-16-23(32(45-2)18-31(26)42-12-14-46-15-13-42)17-33-37-20-27(36)35(41-33)40-30-11-10-29-25(34(30)47(3,4)44)8-9-28(39-29)22-6-7-22;1-26(2,25)16-11-5-6-13(10-3-4-10)22-14(11)7-8-15(16)23-17-12(19)9-21-18(20)24-17;1-3-20-11-12(10-18-20)13-8-14(17)16(21-2)9-15(13)19-4-6-22-7-5-19;1-6-2-4-7(5-3-6)11(8,9)10;1-2-3-4-5/h8-11,16,18-22H,5-7,12-15,17H2,1-4H3,(H,37,40,41);5-10H,3-4H2,1-2H3,(H,21,23,24);8-11H,3-7,17H2,1-2H3;2-5H,1H3,(H,8,9,10);5H,2-4H2,1H3. The fourth-order valence-corrected chi connectivity index (χ4v) is 17.1. The third-order valence-corrected chi connectivity index (χ3v) is 24.3. The van der Waals surface area contributed by atoms with Crippen molar-refractivity contribution in [1.29, 1.82) is 0 Å². The van der Waals surface area contributed by atoms with Gasteiger partial charge in [0, 0.05) is 173 Å². The first-order valence-corrected chi connectivity index (χ1v) is 45.6. The number of rotatable bonds is 21. The predicted molar refractivity (Wildman–Crippen MR) is 453 cm³/mol. The van der Waals surface area contributed by atoms with E-state index in [1.807, 2.05) is 77.3 Å². The molecule has 2 saturated carbocycles. The Hall–Kier alpha value is -8.40. The molecule has 0 atom stereocenters. The predicted octanol–water partition coefficient (Wildman–Crippen LogP) is 16.3. The summed E-state index contributed by atoms with van der Waals surface area (Å²) < 4.78 is 84.0. The zero-order chi connectivity index (χ0) is 79.3. The number of anilines is 7. The Balaban J connectivity index is 0.000000160. The van der Waals surface area contributed by atoms with Crippen LogP contribution in [0.15, 0.2) is 148 Å². The zero-order valence-electron chi connectivity index (χ0n) is 64.1. The number of hydrogen-bond acceptors (Lipinski definition) is 22. The van der Waals surface area contributed by atoms with Crippen molar-refractivity contribution in [2.24, 2.45) is 0 Å². The maximum absolute atomic E-state index is 13.7. The summed E-state index contributed by atoms with van der Waals surface area (Å²) in [6.07, 6.45) is 18.5. The Kier molecular flexibility index (Phi) is 28.2. The molecular weight excluding hydrogens is 1620 g/mol. The molecule has 2 saturated heterocycles. The number of halogens is 3. The molecule has 2 aliphatic heterocycles. The molecule has 4 aliphatic rings. The number of aliphatic hydroxyl groups excluding tert-OH is 1. The molecule has 0 unspecified atom stereocenters. The Labute approximate surface area is 670 Å². The number of unbranched alkanes of at least 4 members (excludes halogenated alkanes) is 1. The van der Waals surface area contributed by atoms with Crippen molar-refractivity contribution < 1.29 is 46.2 Å². The monoisotopic (exact) mass is 1710 g/mol. The van der Waals surface area contributed by atoms with Gasteiger partial charge in [-0.1, -0.05) is 43.2 Å². The van der Waals surface area contributed by atoms with E-state index in [4.69, 9.17) is 60.9 Å². The van der Waals surface area contributed by atoms with Crippen molar-refractivity contribution in [2.45, 2.75) is 102 Å². The Morgan fingerprint density at radius 2 is 1.09 bits per heavy atom. The lowest BCUT2D eigenvalue weighted by Gasteiger charge is -2.31. The van der Waals surface area contributed by atoms with Crippen LogP contribution in [-0.2, 0) is 48.2 Å². The summed E-state index contributed by atoms with van der Waals surface area (Å²) in [6.45, 7) is 23.3. The van der Waals surface area contributed by atoms with Gasteiger partial charge in [-0.05, 0) is 184 Å². The van der Waals surface area contributed by atoms with Gasteiger partial charge in [0.25, 0.3) is 10.1 Å². The van der Waals surface area contributed by atoms with Gasteiger partial charge in [-0.15, -0.1) is 0 Å². The lowest BCUT2D eigenvalue weighted by molar-refractivity contribution is 0.122. The number of nitrogens with two attached hydrogens (primary N) is 1. The Morgan fingerprint density at radius 3 is 1.51 bits per heavy atom. The second-order valence-electron chi connectivity index (χ2n) is 28.1. The van der Waals surface area contributed by atoms with Crippen LogP contribution in [0.1, 0.15) is 99.5 Å². The van der Waals surface area contributed by atoms with Gasteiger partial charge in [0.05, 0.1) is 95.0 Å². The minimum absolute atomic E-state index is 0.0666. The first-order chi connectivity index (χ1) is 53.2. The van der Waals surface area contributed by atoms with Crippen LogP contribution in [0.4, 0.5) is 40.1 Å². The van der Waals surface area contributed by atoms with E-state index in [1.54, 1.807) is 65.4 Å². The molecule has 4 fully saturated rings. The third-order valence-electron chi connectivity index (χ3n) is 19.0. The number of hydrogen-bond donors (Lipinski definition) is 5. The molecule has 31 heteroatoms. The summed E-state index contributed by atoms with van der Waals surface area (Å²) in [6, 6.07) is 30.3. The van der Waals surface area contributed by atoms with E-state index in [-0.39, 0.29) is 10.2 Å². The second-order valence-corrected chi connectivity index (χ2v) is 37.8. The lowest BCUT2D eigenvalue weighted by Crippen LogP contribution is -2.36. The lowest BCUT2D eigenvalue weighted by atomic mass is 9.99. The highest BCUT2D eigenvalue weighted by atomic mass is 79.9. The highest BCUT2D eigenvalue weighted by Gasteiger charge is 2.30. The molecule has 0 radical (unpaired) electrons. The fourth-order valence-electron chi connectivity index (χ4n) is 12.9. The van der Waals surface area contributed by atoms with Crippen molar-refractivity contribution in [3.05, 3.63) is 177 Å². The molecule has 588 valence electrons. The molecule has 6 aromatic heterocycles. The molecule has 11 aromatic rings. The maximum atomic E-state index is 13.7. The van der Waals surface area contributed by atoms with Crippen LogP contribution < -0.4 is 46.2 Å². The summed E-state index contributed by atoms with van der Waals surface area (Å²) in [5.41, 5.74) is 20.6. The van der Waals surface area contributed by atoms with Gasteiger partial charge in [0.15, 0.2) is 0 Å². The van der Waals surface area contributed by atoms with Crippen molar-refractivity contribution in [1.82, 2.24) is 49.5 Å². The van der Waals surface area contributed by atoms with Crippen molar-refractivity contribution >= 4 is 140 Å². The van der Waals surface area contributed by atoms with Crippen LogP contribution >= 0.6 is 57.7 Å². The number of aryl methyl sites for hydroxylation is 3. The quantitative estimate of drug-likeness (QED) is 0.0193. The minimum atomic E-state index is -4.02. The van der Waals surface area contributed by atoms with Crippen LogP contribution in [0.3, 0.4) is 0 Å². The SMILES string of the molecule is CCCCO.CCn1cc(-c2cc(Cc3ncc(Br)c(Nc4ccc5nc(C6CC6)ccc5c4P(C)(C)=O)n3)c(OC)cc2N2CCOCC2)cn1.CCn1cc(-c2cc(N)c(OC)cc2N2CCOCC2)cn1.CP(C)(=O)c1c(Nc2nc(Cl)ncc2Br)ccc2nc(C3CC3)ccc12.Cc1ccc(S(=O)(=O)O)cc1. The average Bonchev–Trinajstić information content (AvgIpc) is 0.978. The first kappa shape index (κ1) is 83.5. The Morgan fingerprint density at radius 1 is 0.622 bits per heavy atom. The average molecular weight is 1720 g/mol. The molecule has 15 rings (SSSR count). The van der Waals surface area contributed by atoms with Gasteiger partial charge in [-0.2, -0.15) is 23.6 Å². The molecule has 25 nitrogen and oxygen atoms in total.